The van der Waals surface area contributed by atoms with Gasteiger partial charge in [-0.3, -0.25) is 9.35 Å². The summed E-state index contributed by atoms with van der Waals surface area (Å²) in [4.78, 5) is 13.6. The Labute approximate surface area is 106 Å². The van der Waals surface area contributed by atoms with Gasteiger partial charge in [-0.2, -0.15) is 12.8 Å². The van der Waals surface area contributed by atoms with Crippen molar-refractivity contribution in [2.24, 2.45) is 0 Å². The summed E-state index contributed by atoms with van der Waals surface area (Å²) in [6, 6.07) is 0. The summed E-state index contributed by atoms with van der Waals surface area (Å²) in [5.74, 6) is -0.760. The van der Waals surface area contributed by atoms with Crippen LogP contribution in [0.1, 0.15) is 27.2 Å². The van der Waals surface area contributed by atoms with E-state index in [-0.39, 0.29) is 12.3 Å². The highest BCUT2D eigenvalue weighted by atomic mass is 35.5. The molecular weight excluding hydrogens is 268 g/mol. The smallest absolute Gasteiger partial charge is 0.264 e. The Bertz CT molecular complexity index is 436. The standard InChI is InChI=1S/C9H17ClN2O4S/c1-8(2)11(4)7(13)9(3,12(8)10)5-6-17(14,15)16/h5-6H2,1-4H3,(H,14,15,16). The van der Waals surface area contributed by atoms with E-state index in [1.165, 1.54) is 9.32 Å². The molecule has 1 atom stereocenters. The van der Waals surface area contributed by atoms with Crippen LogP contribution in [0.2, 0.25) is 0 Å². The molecule has 0 aromatic rings. The van der Waals surface area contributed by atoms with Crippen molar-refractivity contribution in [1.29, 1.82) is 0 Å². The van der Waals surface area contributed by atoms with Crippen LogP contribution in [-0.2, 0) is 14.9 Å². The lowest BCUT2D eigenvalue weighted by Gasteiger charge is -2.34. The van der Waals surface area contributed by atoms with Gasteiger partial charge in [-0.25, -0.2) is 0 Å². The second-order valence-corrected chi connectivity index (χ2v) is 6.86. The van der Waals surface area contributed by atoms with Crippen LogP contribution in [0.15, 0.2) is 0 Å². The molecule has 1 fully saturated rings. The summed E-state index contributed by atoms with van der Waals surface area (Å²) < 4.78 is 31.6. The fourth-order valence-electron chi connectivity index (χ4n) is 1.96. The van der Waals surface area contributed by atoms with Gasteiger partial charge >= 0.3 is 0 Å². The van der Waals surface area contributed by atoms with Gasteiger partial charge in [0.15, 0.2) is 0 Å². The number of nitrogens with zero attached hydrogens (tertiary/aromatic N) is 2. The normalized spacial score (nSPS) is 30.0. The van der Waals surface area contributed by atoms with Crippen LogP contribution in [0.5, 0.6) is 0 Å². The maximum Gasteiger partial charge on any atom is 0.264 e. The van der Waals surface area contributed by atoms with Gasteiger partial charge in [0.1, 0.15) is 11.2 Å². The van der Waals surface area contributed by atoms with E-state index in [2.05, 4.69) is 0 Å². The average Bonchev–Trinajstić information content (AvgIpc) is 2.30. The molecule has 1 saturated heterocycles. The zero-order chi connectivity index (χ0) is 13.6. The molecule has 0 radical (unpaired) electrons. The second kappa shape index (κ2) is 4.08. The van der Waals surface area contributed by atoms with Gasteiger partial charge in [0.25, 0.3) is 10.1 Å². The average molecular weight is 285 g/mol. The molecule has 0 spiro atoms. The molecule has 0 bridgehead atoms. The summed E-state index contributed by atoms with van der Waals surface area (Å²) in [5.41, 5.74) is -1.83. The minimum Gasteiger partial charge on any atom is -0.325 e. The summed E-state index contributed by atoms with van der Waals surface area (Å²) in [6.45, 7) is 5.09. The first-order valence-electron chi connectivity index (χ1n) is 5.12. The van der Waals surface area contributed by atoms with E-state index in [4.69, 9.17) is 16.3 Å². The highest BCUT2D eigenvalue weighted by Gasteiger charge is 2.57. The molecule has 1 aliphatic rings. The first-order valence-corrected chi connectivity index (χ1v) is 7.07. The van der Waals surface area contributed by atoms with E-state index in [0.29, 0.717) is 0 Å². The summed E-state index contributed by atoms with van der Waals surface area (Å²) >= 11 is 6.12. The van der Waals surface area contributed by atoms with Crippen LogP contribution >= 0.6 is 11.8 Å². The van der Waals surface area contributed by atoms with Crippen LogP contribution in [0, 0.1) is 0 Å². The fourth-order valence-corrected chi connectivity index (χ4v) is 2.89. The predicted octanol–water partition coefficient (Wildman–Crippen LogP) is 0.687. The Hall–Kier alpha value is -0.370. The van der Waals surface area contributed by atoms with Crippen LogP contribution in [0.4, 0.5) is 0 Å². The number of amides is 1. The first kappa shape index (κ1) is 14.7. The number of hydrogen-bond acceptors (Lipinski definition) is 4. The van der Waals surface area contributed by atoms with Gasteiger partial charge in [0.2, 0.25) is 5.91 Å². The van der Waals surface area contributed by atoms with Crippen molar-refractivity contribution >= 4 is 27.8 Å². The Balaban J connectivity index is 3.01. The van der Waals surface area contributed by atoms with E-state index in [1.54, 1.807) is 27.8 Å². The van der Waals surface area contributed by atoms with Gasteiger partial charge in [-0.05, 0) is 39.0 Å². The molecule has 1 amide bonds. The van der Waals surface area contributed by atoms with Crippen LogP contribution < -0.4 is 0 Å². The Kier molecular flexibility index (Phi) is 3.53. The molecule has 1 rings (SSSR count). The monoisotopic (exact) mass is 284 g/mol. The lowest BCUT2D eigenvalue weighted by molar-refractivity contribution is -0.132. The fraction of sp³-hybridized carbons (Fsp3) is 0.889. The molecule has 1 heterocycles. The molecule has 100 valence electrons. The molecule has 0 aromatic carbocycles. The summed E-state index contributed by atoms with van der Waals surface area (Å²) in [7, 11) is -2.50. The number of halogens is 1. The third-order valence-corrected chi connectivity index (χ3v) is 4.85. The summed E-state index contributed by atoms with van der Waals surface area (Å²) in [5, 5.41) is 0. The topological polar surface area (TPSA) is 77.9 Å². The van der Waals surface area contributed by atoms with Crippen LogP contribution in [0.25, 0.3) is 0 Å². The van der Waals surface area contributed by atoms with Gasteiger partial charge in [0.05, 0.1) is 5.75 Å². The zero-order valence-corrected chi connectivity index (χ0v) is 11.8. The third-order valence-electron chi connectivity index (χ3n) is 3.35. The molecule has 17 heavy (non-hydrogen) atoms. The number of carbonyl (C=O) groups is 1. The minimum absolute atomic E-state index is 0.0536. The van der Waals surface area contributed by atoms with E-state index >= 15 is 0 Å². The van der Waals surface area contributed by atoms with Crippen molar-refractivity contribution in [2.75, 3.05) is 12.8 Å². The van der Waals surface area contributed by atoms with Crippen molar-refractivity contribution < 1.29 is 17.8 Å². The van der Waals surface area contributed by atoms with Gasteiger partial charge in [-0.1, -0.05) is 0 Å². The number of likely N-dealkylation sites (N-methyl/N-ethyl adjacent to an activating group) is 1. The highest BCUT2D eigenvalue weighted by Crippen LogP contribution is 2.41. The molecule has 0 saturated carbocycles. The van der Waals surface area contributed by atoms with E-state index in [0.717, 1.165) is 0 Å². The van der Waals surface area contributed by atoms with E-state index in [9.17, 15) is 13.2 Å². The third kappa shape index (κ3) is 2.42. The van der Waals surface area contributed by atoms with Crippen LogP contribution in [-0.4, -0.2) is 52.2 Å². The first-order chi connectivity index (χ1) is 7.43. The predicted molar refractivity (Wildman–Crippen MR) is 64.0 cm³/mol. The molecule has 1 unspecified atom stereocenters. The van der Waals surface area contributed by atoms with Crippen molar-refractivity contribution in [1.82, 2.24) is 9.32 Å². The quantitative estimate of drug-likeness (QED) is 0.609. The largest absolute Gasteiger partial charge is 0.325 e. The second-order valence-electron chi connectivity index (χ2n) is 4.95. The molecular formula is C9H17ClN2O4S. The Morgan fingerprint density at radius 1 is 1.35 bits per heavy atom. The number of carbonyl (C=O) groups excluding carboxylic acids is 1. The SMILES string of the molecule is CN1C(=O)C(C)(CCS(=O)(=O)O)N(Cl)C1(C)C. The van der Waals surface area contributed by atoms with E-state index in [1.807, 2.05) is 0 Å². The zero-order valence-electron chi connectivity index (χ0n) is 10.3. The molecule has 0 aromatic heterocycles. The molecule has 0 aliphatic carbocycles. The van der Waals surface area contributed by atoms with Gasteiger partial charge in [0, 0.05) is 7.05 Å². The van der Waals surface area contributed by atoms with Crippen molar-refractivity contribution in [2.45, 2.75) is 38.4 Å². The maximum absolute atomic E-state index is 12.1. The molecule has 6 nitrogen and oxygen atoms in total. The lowest BCUT2D eigenvalue weighted by atomic mass is 9.99. The number of rotatable bonds is 3. The minimum atomic E-state index is -4.11. The van der Waals surface area contributed by atoms with E-state index < -0.39 is 27.1 Å². The van der Waals surface area contributed by atoms with Gasteiger partial charge in [-0.15, -0.1) is 0 Å². The lowest BCUT2D eigenvalue weighted by Crippen LogP contribution is -2.47. The number of hydrogen-bond donors (Lipinski definition) is 1. The summed E-state index contributed by atoms with van der Waals surface area (Å²) in [6.07, 6.45) is -0.0536. The molecule has 1 N–H and O–H groups in total. The van der Waals surface area contributed by atoms with Gasteiger partial charge < -0.3 is 4.90 Å². The van der Waals surface area contributed by atoms with Crippen molar-refractivity contribution in [3.05, 3.63) is 0 Å². The highest BCUT2D eigenvalue weighted by molar-refractivity contribution is 7.85. The maximum atomic E-state index is 12.1. The van der Waals surface area contributed by atoms with Crippen molar-refractivity contribution in [3.8, 4) is 0 Å². The molecule has 1 aliphatic heterocycles. The van der Waals surface area contributed by atoms with Crippen LogP contribution in [0.3, 0.4) is 0 Å². The Morgan fingerprint density at radius 3 is 2.12 bits per heavy atom. The molecule has 8 heteroatoms. The van der Waals surface area contributed by atoms with Crippen molar-refractivity contribution in [3.63, 3.8) is 0 Å². The Morgan fingerprint density at radius 2 is 1.82 bits per heavy atom.